The van der Waals surface area contributed by atoms with Crippen molar-refractivity contribution in [2.75, 3.05) is 25.1 Å². The second-order valence-electron chi connectivity index (χ2n) is 6.39. The van der Waals surface area contributed by atoms with Gasteiger partial charge in [0.25, 0.3) is 0 Å². The molecule has 0 amide bonds. The first-order chi connectivity index (χ1) is 9.54. The monoisotopic (exact) mass is 276 g/mol. The standard InChI is InChI=1S/C17H28N2O/c1-12(2)14-11-19(16(10-18-14)13(3)4)15-8-6-7-9-17(15)20-5/h6-9,12-14,16,18H,10-11H2,1-5H3. The van der Waals surface area contributed by atoms with Crippen molar-refractivity contribution >= 4 is 5.69 Å². The van der Waals surface area contributed by atoms with Gasteiger partial charge >= 0.3 is 0 Å². The van der Waals surface area contributed by atoms with E-state index in [1.165, 1.54) is 5.69 Å². The quantitative estimate of drug-likeness (QED) is 0.914. The van der Waals surface area contributed by atoms with Crippen LogP contribution in [-0.2, 0) is 0 Å². The Labute approximate surface area is 123 Å². The third-order valence-electron chi connectivity index (χ3n) is 4.35. The van der Waals surface area contributed by atoms with E-state index in [9.17, 15) is 0 Å². The summed E-state index contributed by atoms with van der Waals surface area (Å²) < 4.78 is 5.56. The van der Waals surface area contributed by atoms with Crippen molar-refractivity contribution < 1.29 is 4.74 Å². The average Bonchev–Trinajstić information content (AvgIpc) is 2.46. The molecule has 2 atom stereocenters. The molecule has 1 saturated heterocycles. The summed E-state index contributed by atoms with van der Waals surface area (Å²) in [6.07, 6.45) is 0. The van der Waals surface area contributed by atoms with Crippen molar-refractivity contribution in [2.45, 2.75) is 39.8 Å². The van der Waals surface area contributed by atoms with Gasteiger partial charge in [0.1, 0.15) is 5.75 Å². The molecule has 0 radical (unpaired) electrons. The Balaban J connectivity index is 2.31. The predicted molar refractivity (Wildman–Crippen MR) is 85.6 cm³/mol. The number of benzene rings is 1. The van der Waals surface area contributed by atoms with Crippen LogP contribution in [0, 0.1) is 11.8 Å². The first kappa shape index (κ1) is 15.2. The van der Waals surface area contributed by atoms with Gasteiger partial charge in [0.2, 0.25) is 0 Å². The fourth-order valence-corrected chi connectivity index (χ4v) is 2.98. The molecule has 3 heteroatoms. The van der Waals surface area contributed by atoms with Crippen LogP contribution in [0.4, 0.5) is 5.69 Å². The number of ether oxygens (including phenoxy) is 1. The van der Waals surface area contributed by atoms with E-state index in [1.54, 1.807) is 7.11 Å². The van der Waals surface area contributed by atoms with Gasteiger partial charge in [-0.3, -0.25) is 0 Å². The second kappa shape index (κ2) is 6.49. The number of para-hydroxylation sites is 2. The van der Waals surface area contributed by atoms with Gasteiger partial charge in [-0.15, -0.1) is 0 Å². The molecule has 0 aromatic heterocycles. The zero-order valence-corrected chi connectivity index (χ0v) is 13.4. The number of hydrogen-bond acceptors (Lipinski definition) is 3. The summed E-state index contributed by atoms with van der Waals surface area (Å²) in [6, 6.07) is 9.42. The van der Waals surface area contributed by atoms with E-state index in [1.807, 2.05) is 6.07 Å². The lowest BCUT2D eigenvalue weighted by Crippen LogP contribution is -2.60. The van der Waals surface area contributed by atoms with Gasteiger partial charge < -0.3 is 15.0 Å². The third kappa shape index (κ3) is 3.09. The number of nitrogens with one attached hydrogen (secondary N) is 1. The van der Waals surface area contributed by atoms with E-state index in [0.29, 0.717) is 23.9 Å². The first-order valence-electron chi connectivity index (χ1n) is 7.67. The summed E-state index contributed by atoms with van der Waals surface area (Å²) in [6.45, 7) is 11.2. The fourth-order valence-electron chi connectivity index (χ4n) is 2.98. The summed E-state index contributed by atoms with van der Waals surface area (Å²) in [5, 5.41) is 3.70. The van der Waals surface area contributed by atoms with E-state index in [2.05, 4.69) is 56.1 Å². The van der Waals surface area contributed by atoms with Gasteiger partial charge in [0.15, 0.2) is 0 Å². The maximum Gasteiger partial charge on any atom is 0.142 e. The molecule has 0 aliphatic carbocycles. The Morgan fingerprint density at radius 3 is 2.45 bits per heavy atom. The molecule has 1 aromatic carbocycles. The molecule has 1 fully saturated rings. The van der Waals surface area contributed by atoms with Crippen LogP contribution < -0.4 is 15.0 Å². The minimum atomic E-state index is 0.515. The lowest BCUT2D eigenvalue weighted by Gasteiger charge is -2.45. The Kier molecular flexibility index (Phi) is 4.92. The number of methoxy groups -OCH3 is 1. The molecule has 1 aromatic rings. The molecule has 0 bridgehead atoms. The van der Waals surface area contributed by atoms with Crippen LogP contribution in [-0.4, -0.2) is 32.3 Å². The minimum absolute atomic E-state index is 0.515. The average molecular weight is 276 g/mol. The summed E-state index contributed by atoms with van der Waals surface area (Å²) in [5.41, 5.74) is 1.22. The van der Waals surface area contributed by atoms with Gasteiger partial charge in [-0.2, -0.15) is 0 Å². The van der Waals surface area contributed by atoms with E-state index in [0.717, 1.165) is 18.8 Å². The van der Waals surface area contributed by atoms with Crippen molar-refractivity contribution in [1.82, 2.24) is 5.32 Å². The molecule has 112 valence electrons. The Morgan fingerprint density at radius 1 is 1.15 bits per heavy atom. The highest BCUT2D eigenvalue weighted by molar-refractivity contribution is 5.59. The summed E-state index contributed by atoms with van der Waals surface area (Å²) in [5.74, 6) is 2.23. The fraction of sp³-hybridized carbons (Fsp3) is 0.647. The van der Waals surface area contributed by atoms with Gasteiger partial charge in [0.05, 0.1) is 12.8 Å². The number of nitrogens with zero attached hydrogens (tertiary/aromatic N) is 1. The number of rotatable bonds is 4. The van der Waals surface area contributed by atoms with Gasteiger partial charge in [0, 0.05) is 25.2 Å². The van der Waals surface area contributed by atoms with E-state index >= 15 is 0 Å². The summed E-state index contributed by atoms with van der Waals surface area (Å²) in [4.78, 5) is 2.53. The van der Waals surface area contributed by atoms with Crippen LogP contribution >= 0.6 is 0 Å². The van der Waals surface area contributed by atoms with Crippen LogP contribution in [0.15, 0.2) is 24.3 Å². The van der Waals surface area contributed by atoms with Crippen LogP contribution in [0.5, 0.6) is 5.75 Å². The Bertz CT molecular complexity index is 431. The topological polar surface area (TPSA) is 24.5 Å². The largest absolute Gasteiger partial charge is 0.495 e. The van der Waals surface area contributed by atoms with Gasteiger partial charge in [-0.25, -0.2) is 0 Å². The predicted octanol–water partition coefficient (Wildman–Crippen LogP) is 3.15. The van der Waals surface area contributed by atoms with Crippen molar-refractivity contribution in [3.8, 4) is 5.75 Å². The zero-order valence-electron chi connectivity index (χ0n) is 13.4. The highest BCUT2D eigenvalue weighted by Crippen LogP contribution is 2.32. The Morgan fingerprint density at radius 2 is 1.85 bits per heavy atom. The smallest absolute Gasteiger partial charge is 0.142 e. The Hall–Kier alpha value is -1.22. The SMILES string of the molecule is COc1ccccc1N1CC(C(C)C)NCC1C(C)C. The molecule has 20 heavy (non-hydrogen) atoms. The maximum absolute atomic E-state index is 5.56. The summed E-state index contributed by atoms with van der Waals surface area (Å²) >= 11 is 0. The lowest BCUT2D eigenvalue weighted by atomic mass is 9.93. The molecule has 1 heterocycles. The van der Waals surface area contributed by atoms with E-state index < -0.39 is 0 Å². The van der Waals surface area contributed by atoms with Gasteiger partial charge in [-0.1, -0.05) is 39.8 Å². The molecule has 1 N–H and O–H groups in total. The van der Waals surface area contributed by atoms with Crippen LogP contribution in [0.3, 0.4) is 0 Å². The number of piperazine rings is 1. The molecule has 1 aliphatic heterocycles. The highest BCUT2D eigenvalue weighted by Gasteiger charge is 2.32. The van der Waals surface area contributed by atoms with Gasteiger partial charge in [-0.05, 0) is 24.0 Å². The normalized spacial score (nSPS) is 23.4. The molecule has 0 spiro atoms. The second-order valence-corrected chi connectivity index (χ2v) is 6.39. The molecule has 2 unspecified atom stereocenters. The van der Waals surface area contributed by atoms with Crippen molar-refractivity contribution in [3.63, 3.8) is 0 Å². The molecular weight excluding hydrogens is 248 g/mol. The van der Waals surface area contributed by atoms with E-state index in [-0.39, 0.29) is 0 Å². The molecule has 2 rings (SSSR count). The van der Waals surface area contributed by atoms with Crippen LogP contribution in [0.25, 0.3) is 0 Å². The zero-order chi connectivity index (χ0) is 14.7. The van der Waals surface area contributed by atoms with Crippen LogP contribution in [0.2, 0.25) is 0 Å². The number of hydrogen-bond donors (Lipinski definition) is 1. The van der Waals surface area contributed by atoms with Crippen molar-refractivity contribution in [1.29, 1.82) is 0 Å². The number of anilines is 1. The van der Waals surface area contributed by atoms with Crippen LogP contribution in [0.1, 0.15) is 27.7 Å². The van der Waals surface area contributed by atoms with E-state index in [4.69, 9.17) is 4.74 Å². The molecule has 0 saturated carbocycles. The van der Waals surface area contributed by atoms with Crippen molar-refractivity contribution in [2.24, 2.45) is 11.8 Å². The summed E-state index contributed by atoms with van der Waals surface area (Å²) in [7, 11) is 1.76. The maximum atomic E-state index is 5.56. The minimum Gasteiger partial charge on any atom is -0.495 e. The van der Waals surface area contributed by atoms with Crippen molar-refractivity contribution in [3.05, 3.63) is 24.3 Å². The molecule has 3 nitrogen and oxygen atoms in total. The highest BCUT2D eigenvalue weighted by atomic mass is 16.5. The molecule has 1 aliphatic rings. The first-order valence-corrected chi connectivity index (χ1v) is 7.67. The lowest BCUT2D eigenvalue weighted by molar-refractivity contribution is 0.293. The third-order valence-corrected chi connectivity index (χ3v) is 4.35. The molecular formula is C17H28N2O.